The number of fused-ring (bicyclic) bond motifs is 2. The van der Waals surface area contributed by atoms with Gasteiger partial charge in [-0.25, -0.2) is 0 Å². The van der Waals surface area contributed by atoms with Crippen LogP contribution < -0.4 is 0 Å². The molecule has 0 radical (unpaired) electrons. The summed E-state index contributed by atoms with van der Waals surface area (Å²) in [6, 6.07) is 3.95. The zero-order chi connectivity index (χ0) is 12.5. The van der Waals surface area contributed by atoms with Crippen molar-refractivity contribution in [2.45, 2.75) is 45.4 Å². The number of nitrogens with zero attached hydrogens (tertiary/aromatic N) is 1. The summed E-state index contributed by atoms with van der Waals surface area (Å²) in [5, 5.41) is 0. The lowest BCUT2D eigenvalue weighted by Crippen LogP contribution is -2.17. The molecule has 1 aromatic heterocycles. The molecule has 2 bridgehead atoms. The van der Waals surface area contributed by atoms with Gasteiger partial charge in [-0.15, -0.1) is 0 Å². The lowest BCUT2D eigenvalue weighted by Gasteiger charge is -2.20. The van der Waals surface area contributed by atoms with Gasteiger partial charge in [-0.2, -0.15) is 0 Å². The van der Waals surface area contributed by atoms with Gasteiger partial charge in [-0.05, 0) is 55.1 Å². The molecule has 96 valence electrons. The van der Waals surface area contributed by atoms with Gasteiger partial charge >= 0.3 is 0 Å². The van der Waals surface area contributed by atoms with Gasteiger partial charge < -0.3 is 0 Å². The van der Waals surface area contributed by atoms with Crippen LogP contribution in [0.4, 0.5) is 0 Å². The molecular weight excluding hydrogens is 222 g/mol. The first kappa shape index (κ1) is 11.9. The van der Waals surface area contributed by atoms with E-state index in [1.807, 2.05) is 12.1 Å². The lowest BCUT2D eigenvalue weighted by atomic mass is 9.84. The van der Waals surface area contributed by atoms with Crippen molar-refractivity contribution in [1.29, 1.82) is 0 Å². The monoisotopic (exact) mass is 243 g/mol. The Morgan fingerprint density at radius 1 is 1.39 bits per heavy atom. The highest BCUT2D eigenvalue weighted by atomic mass is 16.1. The van der Waals surface area contributed by atoms with E-state index in [2.05, 4.69) is 11.9 Å². The SMILES string of the molecule is CCc1cccnc1C(=O)CC1CC2CCC1C2. The summed E-state index contributed by atoms with van der Waals surface area (Å²) < 4.78 is 0. The van der Waals surface area contributed by atoms with Crippen LogP contribution in [0.5, 0.6) is 0 Å². The molecular formula is C16H21NO. The molecule has 0 amide bonds. The Morgan fingerprint density at radius 2 is 2.28 bits per heavy atom. The Kier molecular flexibility index (Phi) is 3.19. The molecule has 1 heterocycles. The van der Waals surface area contributed by atoms with Gasteiger partial charge in [-0.1, -0.05) is 19.4 Å². The molecule has 1 aromatic rings. The molecule has 3 unspecified atom stereocenters. The van der Waals surface area contributed by atoms with Gasteiger partial charge in [0.1, 0.15) is 5.69 Å². The third kappa shape index (κ3) is 2.09. The highest BCUT2D eigenvalue weighted by Gasteiger charge is 2.40. The molecule has 2 heteroatoms. The van der Waals surface area contributed by atoms with E-state index in [0.717, 1.165) is 35.9 Å². The normalized spacial score (nSPS) is 29.7. The number of aryl methyl sites for hydroxylation is 1. The van der Waals surface area contributed by atoms with E-state index in [1.165, 1.54) is 25.7 Å². The van der Waals surface area contributed by atoms with Crippen molar-refractivity contribution in [3.05, 3.63) is 29.6 Å². The Morgan fingerprint density at radius 3 is 2.94 bits per heavy atom. The molecule has 18 heavy (non-hydrogen) atoms. The summed E-state index contributed by atoms with van der Waals surface area (Å²) in [6.07, 6.45) is 8.78. The maximum Gasteiger partial charge on any atom is 0.181 e. The van der Waals surface area contributed by atoms with Crippen LogP contribution >= 0.6 is 0 Å². The number of carbonyl (C=O) groups is 1. The summed E-state index contributed by atoms with van der Waals surface area (Å²) in [6.45, 7) is 2.09. The number of Topliss-reactive ketones (excluding diaryl/α,β-unsaturated/α-hetero) is 1. The summed E-state index contributed by atoms with van der Waals surface area (Å²) in [5.41, 5.74) is 1.83. The zero-order valence-electron chi connectivity index (χ0n) is 11.1. The Hall–Kier alpha value is -1.18. The van der Waals surface area contributed by atoms with Gasteiger partial charge in [-0.3, -0.25) is 9.78 Å². The van der Waals surface area contributed by atoms with Crippen LogP contribution in [0.15, 0.2) is 18.3 Å². The minimum Gasteiger partial charge on any atom is -0.292 e. The summed E-state index contributed by atoms with van der Waals surface area (Å²) in [4.78, 5) is 16.7. The highest BCUT2D eigenvalue weighted by molar-refractivity contribution is 5.95. The largest absolute Gasteiger partial charge is 0.292 e. The Bertz CT molecular complexity index is 454. The standard InChI is InChI=1S/C16H21NO/c1-2-12-4-3-7-17-16(12)15(18)10-14-9-11-5-6-13(14)8-11/h3-4,7,11,13-14H,2,5-6,8-10H2,1H3. The molecule has 0 saturated heterocycles. The van der Waals surface area contributed by atoms with Gasteiger partial charge in [0.25, 0.3) is 0 Å². The lowest BCUT2D eigenvalue weighted by molar-refractivity contribution is 0.0938. The molecule has 2 aliphatic rings. The smallest absolute Gasteiger partial charge is 0.181 e. The van der Waals surface area contributed by atoms with Crippen LogP contribution in [0, 0.1) is 17.8 Å². The number of aromatic nitrogens is 1. The molecule has 3 atom stereocenters. The maximum absolute atomic E-state index is 12.4. The highest BCUT2D eigenvalue weighted by Crippen LogP contribution is 2.49. The first-order valence-electron chi connectivity index (χ1n) is 7.25. The number of ketones is 1. The van der Waals surface area contributed by atoms with Crippen molar-refractivity contribution < 1.29 is 4.79 Å². The van der Waals surface area contributed by atoms with Crippen molar-refractivity contribution in [1.82, 2.24) is 4.98 Å². The van der Waals surface area contributed by atoms with Gasteiger partial charge in [0.15, 0.2) is 5.78 Å². The van der Waals surface area contributed by atoms with Crippen molar-refractivity contribution in [2.24, 2.45) is 17.8 Å². The molecule has 2 saturated carbocycles. The van der Waals surface area contributed by atoms with E-state index >= 15 is 0 Å². The first-order chi connectivity index (χ1) is 8.78. The zero-order valence-corrected chi connectivity index (χ0v) is 11.1. The second-order valence-corrected chi connectivity index (χ2v) is 5.93. The van der Waals surface area contributed by atoms with Gasteiger partial charge in [0.05, 0.1) is 0 Å². The summed E-state index contributed by atoms with van der Waals surface area (Å²) in [5.74, 6) is 2.66. The first-order valence-corrected chi connectivity index (χ1v) is 7.25. The molecule has 2 fully saturated rings. The number of hydrogen-bond donors (Lipinski definition) is 0. The van der Waals surface area contributed by atoms with Crippen molar-refractivity contribution >= 4 is 5.78 Å². The van der Waals surface area contributed by atoms with E-state index in [0.29, 0.717) is 5.92 Å². The van der Waals surface area contributed by atoms with Gasteiger partial charge in [0, 0.05) is 12.6 Å². The van der Waals surface area contributed by atoms with Crippen LogP contribution in [0.2, 0.25) is 0 Å². The fourth-order valence-electron chi connectivity index (χ4n) is 3.94. The van der Waals surface area contributed by atoms with E-state index in [-0.39, 0.29) is 5.78 Å². The van der Waals surface area contributed by atoms with Crippen LogP contribution in [0.1, 0.15) is 55.1 Å². The van der Waals surface area contributed by atoms with Crippen LogP contribution in [0.3, 0.4) is 0 Å². The minimum atomic E-state index is 0.269. The van der Waals surface area contributed by atoms with Crippen molar-refractivity contribution in [3.8, 4) is 0 Å². The maximum atomic E-state index is 12.4. The number of carbonyl (C=O) groups excluding carboxylic acids is 1. The number of hydrogen-bond acceptors (Lipinski definition) is 2. The molecule has 0 aliphatic heterocycles. The topological polar surface area (TPSA) is 30.0 Å². The van der Waals surface area contributed by atoms with Crippen molar-refractivity contribution in [2.75, 3.05) is 0 Å². The van der Waals surface area contributed by atoms with E-state index in [1.54, 1.807) is 6.20 Å². The average Bonchev–Trinajstić information content (AvgIpc) is 3.01. The van der Waals surface area contributed by atoms with Crippen LogP contribution in [-0.2, 0) is 6.42 Å². The quantitative estimate of drug-likeness (QED) is 0.755. The van der Waals surface area contributed by atoms with E-state index < -0.39 is 0 Å². The molecule has 2 aliphatic carbocycles. The second-order valence-electron chi connectivity index (χ2n) is 5.93. The fraction of sp³-hybridized carbons (Fsp3) is 0.625. The molecule has 0 N–H and O–H groups in total. The summed E-state index contributed by atoms with van der Waals surface area (Å²) >= 11 is 0. The van der Waals surface area contributed by atoms with Gasteiger partial charge in [0.2, 0.25) is 0 Å². The molecule has 0 aromatic carbocycles. The Balaban J connectivity index is 1.71. The summed E-state index contributed by atoms with van der Waals surface area (Å²) in [7, 11) is 0. The predicted octanol–water partition coefficient (Wildman–Crippen LogP) is 3.65. The van der Waals surface area contributed by atoms with Crippen molar-refractivity contribution in [3.63, 3.8) is 0 Å². The molecule has 0 spiro atoms. The van der Waals surface area contributed by atoms with Crippen LogP contribution in [0.25, 0.3) is 0 Å². The Labute approximate surface area is 109 Å². The second kappa shape index (κ2) is 4.83. The van der Waals surface area contributed by atoms with Crippen LogP contribution in [-0.4, -0.2) is 10.8 Å². The van der Waals surface area contributed by atoms with E-state index in [9.17, 15) is 4.79 Å². The minimum absolute atomic E-state index is 0.269. The fourth-order valence-corrected chi connectivity index (χ4v) is 3.94. The third-order valence-electron chi connectivity index (χ3n) is 4.87. The number of rotatable bonds is 4. The van der Waals surface area contributed by atoms with E-state index in [4.69, 9.17) is 0 Å². The average molecular weight is 243 g/mol. The molecule has 3 rings (SSSR count). The third-order valence-corrected chi connectivity index (χ3v) is 4.87. The molecule has 2 nitrogen and oxygen atoms in total. The predicted molar refractivity (Wildman–Crippen MR) is 71.5 cm³/mol. The number of pyridine rings is 1.